The number of aliphatic carboxylic acids is 1. The molecule has 10 nitrogen and oxygen atoms in total. The van der Waals surface area contributed by atoms with Crippen molar-refractivity contribution in [1.82, 2.24) is 15.6 Å². The maximum Gasteiger partial charge on any atom is 0.408 e. The molecule has 4 aliphatic carbocycles. The van der Waals surface area contributed by atoms with E-state index >= 15 is 0 Å². The molecule has 0 spiro atoms. The highest BCUT2D eigenvalue weighted by Crippen LogP contribution is 2.54. The molecule has 0 saturated heterocycles. The lowest BCUT2D eigenvalue weighted by atomic mass is 9.55. The Morgan fingerprint density at radius 2 is 1.60 bits per heavy atom. The molecule has 4 fully saturated rings. The van der Waals surface area contributed by atoms with Gasteiger partial charge in [-0.25, -0.2) is 4.79 Å². The zero-order chi connectivity index (χ0) is 31.6. The summed E-state index contributed by atoms with van der Waals surface area (Å²) < 4.78 is 11.7. The van der Waals surface area contributed by atoms with Gasteiger partial charge >= 0.3 is 18.0 Å². The van der Waals surface area contributed by atoms with Crippen molar-refractivity contribution in [2.45, 2.75) is 76.0 Å². The van der Waals surface area contributed by atoms with Crippen LogP contribution in [0.1, 0.15) is 69.1 Å². The minimum Gasteiger partial charge on any atom is -0.481 e. The summed E-state index contributed by atoms with van der Waals surface area (Å²) in [6.45, 7) is 1.61. The number of carboxylic acids is 1. The largest absolute Gasteiger partial charge is 0.481 e. The maximum atomic E-state index is 14.0. The van der Waals surface area contributed by atoms with Crippen LogP contribution in [0.15, 0.2) is 60.8 Å². The summed E-state index contributed by atoms with van der Waals surface area (Å²) >= 11 is 0. The van der Waals surface area contributed by atoms with E-state index in [0.29, 0.717) is 17.4 Å². The lowest BCUT2D eigenvalue weighted by molar-refractivity contribution is -0.152. The van der Waals surface area contributed by atoms with Gasteiger partial charge in [0.15, 0.2) is 0 Å². The Morgan fingerprint density at radius 3 is 2.29 bits per heavy atom. The number of aromatic amines is 1. The second-order valence-corrected chi connectivity index (χ2v) is 13.3. The molecule has 45 heavy (non-hydrogen) atoms. The Kier molecular flexibility index (Phi) is 8.83. The Morgan fingerprint density at radius 1 is 0.933 bits per heavy atom. The Labute approximate surface area is 262 Å². The fraction of sp³-hybridized carbons (Fsp3) is 0.486. The molecular weight excluding hydrogens is 574 g/mol. The molecule has 1 aromatic heterocycles. The maximum absolute atomic E-state index is 14.0. The molecule has 1 unspecified atom stereocenters. The smallest absolute Gasteiger partial charge is 0.408 e. The number of amides is 2. The van der Waals surface area contributed by atoms with E-state index in [1.165, 1.54) is 6.42 Å². The van der Waals surface area contributed by atoms with Crippen LogP contribution in [-0.4, -0.2) is 52.2 Å². The van der Waals surface area contributed by atoms with Crippen molar-refractivity contribution in [2.75, 3.05) is 6.54 Å². The Hall–Kier alpha value is -4.34. The second-order valence-electron chi connectivity index (χ2n) is 13.3. The second kappa shape index (κ2) is 12.9. The van der Waals surface area contributed by atoms with Gasteiger partial charge in [-0.2, -0.15) is 0 Å². The number of ether oxygens (including phenoxy) is 2. The van der Waals surface area contributed by atoms with Crippen LogP contribution in [0.3, 0.4) is 0 Å². The zero-order valence-corrected chi connectivity index (χ0v) is 25.5. The highest BCUT2D eigenvalue weighted by Gasteiger charge is 2.50. The number of rotatable bonds is 12. The van der Waals surface area contributed by atoms with Gasteiger partial charge < -0.3 is 30.2 Å². The number of hydrogen-bond donors (Lipinski definition) is 4. The SMILES string of the molecule is C[C@](Cc1c[nH]c2ccccc12)(NC(=O)OC1C2CC3CC(C2)CC1C3)C(=O)NCC(OC(=O)CCC(=O)O)c1ccccc1. The number of nitrogens with one attached hydrogen (secondary N) is 3. The molecule has 0 radical (unpaired) electrons. The van der Waals surface area contributed by atoms with E-state index in [1.807, 2.05) is 36.5 Å². The Balaban J connectivity index is 1.19. The molecule has 4 bridgehead atoms. The molecule has 2 atom stereocenters. The lowest BCUT2D eigenvalue weighted by Gasteiger charge is -2.53. The first-order valence-corrected chi connectivity index (χ1v) is 15.9. The van der Waals surface area contributed by atoms with Gasteiger partial charge in [-0.3, -0.25) is 14.4 Å². The third kappa shape index (κ3) is 7.00. The van der Waals surface area contributed by atoms with E-state index in [9.17, 15) is 19.2 Å². The first-order valence-electron chi connectivity index (χ1n) is 15.9. The van der Waals surface area contributed by atoms with Gasteiger partial charge in [0.25, 0.3) is 0 Å². The fourth-order valence-electron chi connectivity index (χ4n) is 7.99. The third-order valence-corrected chi connectivity index (χ3v) is 9.92. The number of benzene rings is 2. The summed E-state index contributed by atoms with van der Waals surface area (Å²) in [4.78, 5) is 54.3. The van der Waals surface area contributed by atoms with E-state index in [-0.39, 0.29) is 31.9 Å². The normalized spacial score (nSPS) is 25.2. The highest BCUT2D eigenvalue weighted by molar-refractivity contribution is 5.91. The van der Waals surface area contributed by atoms with Crippen LogP contribution in [0.5, 0.6) is 0 Å². The topological polar surface area (TPSA) is 147 Å². The monoisotopic (exact) mass is 615 g/mol. The van der Waals surface area contributed by atoms with Crippen LogP contribution < -0.4 is 10.6 Å². The summed E-state index contributed by atoms with van der Waals surface area (Å²) in [7, 11) is 0. The van der Waals surface area contributed by atoms with Crippen molar-refractivity contribution in [1.29, 1.82) is 0 Å². The van der Waals surface area contributed by atoms with Gasteiger partial charge in [0, 0.05) is 23.5 Å². The molecule has 2 aromatic carbocycles. The number of carbonyl (C=O) groups excluding carboxylic acids is 3. The Bertz CT molecular complexity index is 1520. The first-order chi connectivity index (χ1) is 21.7. The van der Waals surface area contributed by atoms with Crippen molar-refractivity contribution >= 4 is 34.8 Å². The van der Waals surface area contributed by atoms with E-state index < -0.39 is 35.6 Å². The first kappa shape index (κ1) is 30.7. The van der Waals surface area contributed by atoms with Crippen molar-refractivity contribution in [2.24, 2.45) is 23.7 Å². The zero-order valence-electron chi connectivity index (χ0n) is 25.5. The van der Waals surface area contributed by atoms with Crippen LogP contribution in [-0.2, 0) is 30.3 Å². The predicted molar refractivity (Wildman–Crippen MR) is 166 cm³/mol. The molecule has 7 rings (SSSR count). The number of carboxylic acid groups (broad SMARTS) is 1. The minimum atomic E-state index is -1.40. The number of esters is 1. The lowest BCUT2D eigenvalue weighted by Crippen LogP contribution is -2.60. The molecule has 10 heteroatoms. The summed E-state index contributed by atoms with van der Waals surface area (Å²) in [5.41, 5.74) is 1.03. The van der Waals surface area contributed by atoms with Crippen molar-refractivity contribution in [3.8, 4) is 0 Å². The summed E-state index contributed by atoms with van der Waals surface area (Å²) in [5.74, 6) is -0.00699. The van der Waals surface area contributed by atoms with Crippen LogP contribution in [0, 0.1) is 23.7 Å². The molecule has 1 heterocycles. The minimum absolute atomic E-state index is 0.0720. The van der Waals surface area contributed by atoms with E-state index in [2.05, 4.69) is 15.6 Å². The van der Waals surface area contributed by atoms with Gasteiger partial charge in [0.2, 0.25) is 5.91 Å². The number of aromatic nitrogens is 1. The number of H-pyrrole nitrogens is 1. The van der Waals surface area contributed by atoms with Crippen molar-refractivity contribution in [3.63, 3.8) is 0 Å². The molecular formula is C35H41N3O7. The number of fused-ring (bicyclic) bond motifs is 1. The molecule has 2 amide bonds. The molecule has 4 aliphatic rings. The van der Waals surface area contributed by atoms with E-state index in [1.54, 1.807) is 31.2 Å². The molecule has 4 saturated carbocycles. The van der Waals surface area contributed by atoms with E-state index in [4.69, 9.17) is 14.6 Å². The number of hydrogen-bond acceptors (Lipinski definition) is 6. The average Bonchev–Trinajstić information content (AvgIpc) is 3.42. The summed E-state index contributed by atoms with van der Waals surface area (Å²) in [5, 5.41) is 15.8. The summed E-state index contributed by atoms with van der Waals surface area (Å²) in [6.07, 6.45) is 5.50. The van der Waals surface area contributed by atoms with Crippen LogP contribution in [0.2, 0.25) is 0 Å². The fourth-order valence-corrected chi connectivity index (χ4v) is 7.99. The van der Waals surface area contributed by atoms with Crippen molar-refractivity contribution < 1.29 is 33.8 Å². The number of carbonyl (C=O) groups is 4. The van der Waals surface area contributed by atoms with Crippen LogP contribution in [0.4, 0.5) is 4.79 Å². The molecule has 0 aliphatic heterocycles. The van der Waals surface area contributed by atoms with Crippen molar-refractivity contribution in [3.05, 3.63) is 71.9 Å². The highest BCUT2D eigenvalue weighted by atomic mass is 16.6. The summed E-state index contributed by atoms with van der Waals surface area (Å²) in [6, 6.07) is 16.7. The molecule has 238 valence electrons. The van der Waals surface area contributed by atoms with Gasteiger partial charge in [-0.1, -0.05) is 48.5 Å². The third-order valence-electron chi connectivity index (χ3n) is 9.92. The van der Waals surface area contributed by atoms with Crippen LogP contribution >= 0.6 is 0 Å². The predicted octanol–water partition coefficient (Wildman–Crippen LogP) is 5.29. The molecule has 3 aromatic rings. The van der Waals surface area contributed by atoms with Gasteiger partial charge in [-0.15, -0.1) is 0 Å². The quantitative estimate of drug-likeness (QED) is 0.203. The van der Waals surface area contributed by atoms with Crippen LogP contribution in [0.25, 0.3) is 10.9 Å². The number of alkyl carbamates (subject to hydrolysis) is 1. The number of para-hydroxylation sites is 1. The standard InChI is InChI=1S/C35H41N3O7/c1-35(18-26-19-36-28-10-6-5-9-27(26)28,38-34(43)45-32-24-14-21-13-22(16-24)17-25(32)15-21)33(42)37-20-29(23-7-3-2-4-8-23)44-31(41)12-11-30(39)40/h2-10,19,21-22,24-25,29,32,36H,11-18,20H2,1H3,(H,37,42)(H,38,43)(H,39,40)/t21?,22?,24?,25?,29?,32?,35-/m1/s1. The van der Waals surface area contributed by atoms with Gasteiger partial charge in [0.1, 0.15) is 17.7 Å². The van der Waals surface area contributed by atoms with E-state index in [0.717, 1.165) is 54.0 Å². The van der Waals surface area contributed by atoms with Gasteiger partial charge in [-0.05, 0) is 79.9 Å². The molecule has 4 N–H and O–H groups in total. The van der Waals surface area contributed by atoms with Gasteiger partial charge in [0.05, 0.1) is 19.4 Å². The average molecular weight is 616 g/mol.